The van der Waals surface area contributed by atoms with Gasteiger partial charge in [-0.2, -0.15) is 13.2 Å². The van der Waals surface area contributed by atoms with Crippen molar-refractivity contribution in [1.82, 2.24) is 15.3 Å². The summed E-state index contributed by atoms with van der Waals surface area (Å²) in [6.45, 7) is 2.04. The van der Waals surface area contributed by atoms with E-state index in [2.05, 4.69) is 15.3 Å². The Morgan fingerprint density at radius 1 is 1.23 bits per heavy atom. The Balaban J connectivity index is 1.62. The third kappa shape index (κ3) is 4.09. The Kier molecular flexibility index (Phi) is 5.15. The number of alkyl halides is 3. The average molecular weight is 438 g/mol. The first-order chi connectivity index (χ1) is 14.6. The molecule has 0 aliphatic carbocycles. The van der Waals surface area contributed by atoms with E-state index in [0.717, 1.165) is 19.2 Å². The first-order valence-electron chi connectivity index (χ1n) is 9.49. The molecule has 2 unspecified atom stereocenters. The number of halogens is 4. The van der Waals surface area contributed by atoms with Crippen LogP contribution in [0.5, 0.6) is 0 Å². The maximum absolute atomic E-state index is 13.1. The quantitative estimate of drug-likeness (QED) is 0.720. The molecule has 4 rings (SSSR count). The molecule has 2 N–H and O–H groups in total. The second-order valence-electron chi connectivity index (χ2n) is 7.33. The van der Waals surface area contributed by atoms with Crippen molar-refractivity contribution in [2.45, 2.75) is 31.6 Å². The molecule has 3 amide bonds. The predicted octanol–water partition coefficient (Wildman–Crippen LogP) is 2.93. The summed E-state index contributed by atoms with van der Waals surface area (Å²) in [4.78, 5) is 36.7. The standard InChI is InChI=1S/C19H18F4N6O2/c1-10(19(21,22)23)25-17(30)13-3-4-14-16(26-13)29(12-6-7-28(14)9-12)18(31)27-15-5-2-11(20)8-24-15/h2-5,8,10,12H,6-7,9H2,1H3,(H,25,30)(H,24,27,31). The fraction of sp³-hybridized carbons (Fsp3) is 0.368. The van der Waals surface area contributed by atoms with Crippen molar-refractivity contribution in [3.8, 4) is 0 Å². The van der Waals surface area contributed by atoms with Crippen molar-refractivity contribution in [3.05, 3.63) is 42.0 Å². The molecule has 1 saturated heterocycles. The van der Waals surface area contributed by atoms with Crippen molar-refractivity contribution < 1.29 is 27.2 Å². The van der Waals surface area contributed by atoms with Gasteiger partial charge in [0.15, 0.2) is 5.82 Å². The van der Waals surface area contributed by atoms with Crippen molar-refractivity contribution in [2.75, 3.05) is 28.2 Å². The van der Waals surface area contributed by atoms with Crippen molar-refractivity contribution in [1.29, 1.82) is 0 Å². The van der Waals surface area contributed by atoms with Gasteiger partial charge in [0.1, 0.15) is 23.4 Å². The van der Waals surface area contributed by atoms with Gasteiger partial charge in [0.2, 0.25) is 0 Å². The molecule has 2 aromatic heterocycles. The highest BCUT2D eigenvalue weighted by Gasteiger charge is 2.41. The number of amides is 3. The Morgan fingerprint density at radius 3 is 2.68 bits per heavy atom. The van der Waals surface area contributed by atoms with Gasteiger partial charge in [-0.15, -0.1) is 0 Å². The molecule has 0 radical (unpaired) electrons. The highest BCUT2D eigenvalue weighted by molar-refractivity contribution is 6.05. The third-order valence-corrected chi connectivity index (χ3v) is 5.20. The van der Waals surface area contributed by atoms with Gasteiger partial charge in [-0.3, -0.25) is 15.0 Å². The van der Waals surface area contributed by atoms with Crippen LogP contribution in [-0.2, 0) is 0 Å². The highest BCUT2D eigenvalue weighted by atomic mass is 19.4. The predicted molar refractivity (Wildman–Crippen MR) is 104 cm³/mol. The fourth-order valence-corrected chi connectivity index (χ4v) is 3.57. The first-order valence-corrected chi connectivity index (χ1v) is 9.49. The topological polar surface area (TPSA) is 90.5 Å². The Morgan fingerprint density at radius 2 is 2.00 bits per heavy atom. The van der Waals surface area contributed by atoms with Crippen LogP contribution in [0.4, 0.5) is 39.7 Å². The zero-order valence-corrected chi connectivity index (χ0v) is 16.3. The normalized spacial score (nSPS) is 18.4. The number of hydrogen-bond acceptors (Lipinski definition) is 5. The molecule has 2 atom stereocenters. The number of pyridine rings is 2. The van der Waals surface area contributed by atoms with Crippen LogP contribution in [0, 0.1) is 5.82 Å². The molecule has 1 fully saturated rings. The van der Waals surface area contributed by atoms with Crippen LogP contribution in [0.25, 0.3) is 0 Å². The number of urea groups is 1. The SMILES string of the molecule is CC(NC(=O)c1ccc2c(n1)N(C(=O)Nc1ccc(F)cn1)C1CCN2C1)C(F)(F)F. The summed E-state index contributed by atoms with van der Waals surface area (Å²) in [7, 11) is 0. The first kappa shape index (κ1) is 20.8. The van der Waals surface area contributed by atoms with E-state index in [1.54, 1.807) is 6.07 Å². The van der Waals surface area contributed by atoms with E-state index in [9.17, 15) is 27.2 Å². The molecular weight excluding hydrogens is 420 g/mol. The smallest absolute Gasteiger partial charge is 0.366 e. The molecule has 2 bridgehead atoms. The van der Waals surface area contributed by atoms with Gasteiger partial charge in [-0.25, -0.2) is 19.2 Å². The van der Waals surface area contributed by atoms with Gasteiger partial charge in [-0.1, -0.05) is 0 Å². The zero-order chi connectivity index (χ0) is 22.3. The summed E-state index contributed by atoms with van der Waals surface area (Å²) >= 11 is 0. The monoisotopic (exact) mass is 438 g/mol. The molecule has 8 nitrogen and oxygen atoms in total. The van der Waals surface area contributed by atoms with E-state index in [-0.39, 0.29) is 23.4 Å². The summed E-state index contributed by atoms with van der Waals surface area (Å²) in [5, 5.41) is 4.43. The number of carbonyl (C=O) groups excluding carboxylic acids is 2. The van der Waals surface area contributed by atoms with E-state index >= 15 is 0 Å². The molecule has 0 spiro atoms. The number of nitrogens with one attached hydrogen (secondary N) is 2. The van der Waals surface area contributed by atoms with E-state index < -0.39 is 30.0 Å². The molecule has 2 aliphatic heterocycles. The van der Waals surface area contributed by atoms with Crippen LogP contribution < -0.4 is 20.4 Å². The highest BCUT2D eigenvalue weighted by Crippen LogP contribution is 2.39. The van der Waals surface area contributed by atoms with Crippen LogP contribution in [0.15, 0.2) is 30.5 Å². The number of carbonyl (C=O) groups is 2. The molecule has 4 heterocycles. The largest absolute Gasteiger partial charge is 0.408 e. The molecule has 0 saturated carbocycles. The Hall–Kier alpha value is -3.44. The number of hydrogen-bond donors (Lipinski definition) is 2. The Bertz CT molecular complexity index is 1010. The zero-order valence-electron chi connectivity index (χ0n) is 16.3. The minimum atomic E-state index is -4.59. The number of rotatable bonds is 3. The lowest BCUT2D eigenvalue weighted by atomic mass is 10.1. The minimum absolute atomic E-state index is 0.126. The minimum Gasteiger partial charge on any atom is -0.366 e. The molecule has 2 aliphatic rings. The molecule has 12 heteroatoms. The molecule has 2 aromatic rings. The summed E-state index contributed by atoms with van der Waals surface area (Å²) in [6, 6.07) is 2.46. The van der Waals surface area contributed by atoms with Gasteiger partial charge in [0.05, 0.1) is 17.9 Å². The van der Waals surface area contributed by atoms with Crippen LogP contribution >= 0.6 is 0 Å². The van der Waals surface area contributed by atoms with Gasteiger partial charge >= 0.3 is 12.2 Å². The van der Waals surface area contributed by atoms with E-state index in [4.69, 9.17) is 0 Å². The van der Waals surface area contributed by atoms with Crippen molar-refractivity contribution in [3.63, 3.8) is 0 Å². The van der Waals surface area contributed by atoms with E-state index in [0.29, 0.717) is 25.2 Å². The summed E-state index contributed by atoms with van der Waals surface area (Å²) in [5.74, 6) is -1.26. The van der Waals surface area contributed by atoms with E-state index in [1.165, 1.54) is 17.0 Å². The number of anilines is 3. The molecule has 164 valence electrons. The fourth-order valence-electron chi connectivity index (χ4n) is 3.57. The number of aromatic nitrogens is 2. The lowest BCUT2D eigenvalue weighted by Gasteiger charge is -2.35. The van der Waals surface area contributed by atoms with Gasteiger partial charge < -0.3 is 10.2 Å². The summed E-state index contributed by atoms with van der Waals surface area (Å²) < 4.78 is 51.4. The maximum atomic E-state index is 13.1. The second kappa shape index (κ2) is 7.67. The van der Waals surface area contributed by atoms with Crippen LogP contribution in [0.2, 0.25) is 0 Å². The second-order valence-corrected chi connectivity index (χ2v) is 7.33. The van der Waals surface area contributed by atoms with Crippen molar-refractivity contribution >= 4 is 29.3 Å². The maximum Gasteiger partial charge on any atom is 0.408 e. The van der Waals surface area contributed by atoms with Crippen LogP contribution in [0.3, 0.4) is 0 Å². The van der Waals surface area contributed by atoms with Crippen molar-refractivity contribution in [2.24, 2.45) is 0 Å². The van der Waals surface area contributed by atoms with Gasteiger partial charge in [0.25, 0.3) is 5.91 Å². The lowest BCUT2D eigenvalue weighted by Crippen LogP contribution is -2.49. The number of nitrogens with zero attached hydrogens (tertiary/aromatic N) is 4. The third-order valence-electron chi connectivity index (χ3n) is 5.20. The average Bonchev–Trinajstić information content (AvgIpc) is 3.13. The summed E-state index contributed by atoms with van der Waals surface area (Å²) in [5.41, 5.74) is 0.353. The number of fused-ring (bicyclic) bond motifs is 4. The van der Waals surface area contributed by atoms with Crippen LogP contribution in [-0.4, -0.2) is 53.3 Å². The lowest BCUT2D eigenvalue weighted by molar-refractivity contribution is -0.149. The van der Waals surface area contributed by atoms with Crippen LogP contribution in [0.1, 0.15) is 23.8 Å². The van der Waals surface area contributed by atoms with E-state index in [1.807, 2.05) is 10.2 Å². The molecular formula is C19H18F4N6O2. The molecule has 31 heavy (non-hydrogen) atoms. The molecule has 0 aromatic carbocycles. The summed E-state index contributed by atoms with van der Waals surface area (Å²) in [6.07, 6.45) is -2.99. The van der Waals surface area contributed by atoms with Gasteiger partial charge in [-0.05, 0) is 37.6 Å². The van der Waals surface area contributed by atoms with Gasteiger partial charge in [0, 0.05) is 13.1 Å². The Labute approximate surface area is 174 Å².